The first-order valence-corrected chi connectivity index (χ1v) is 8.80. The fraction of sp³-hybridized carbons (Fsp3) is 0.182. The third-order valence-corrected chi connectivity index (χ3v) is 4.24. The third-order valence-electron chi connectivity index (χ3n) is 4.24. The fourth-order valence-electron chi connectivity index (χ4n) is 2.76. The summed E-state index contributed by atoms with van der Waals surface area (Å²) in [4.78, 5) is 12.0. The molecule has 138 valence electrons. The van der Waals surface area contributed by atoms with E-state index in [9.17, 15) is 4.79 Å². The van der Waals surface area contributed by atoms with Crippen LogP contribution in [0.1, 0.15) is 18.1 Å². The maximum atomic E-state index is 12.0. The van der Waals surface area contributed by atoms with Crippen LogP contribution in [0.3, 0.4) is 0 Å². The third kappa shape index (κ3) is 4.64. The molecule has 0 saturated heterocycles. The van der Waals surface area contributed by atoms with Gasteiger partial charge in [0.05, 0.1) is 13.3 Å². The van der Waals surface area contributed by atoms with Crippen LogP contribution in [0.4, 0.5) is 0 Å². The highest BCUT2D eigenvalue weighted by molar-refractivity contribution is 6.02. The van der Waals surface area contributed by atoms with Gasteiger partial charge in [0.25, 0.3) is 5.91 Å². The van der Waals surface area contributed by atoms with Crippen LogP contribution >= 0.6 is 0 Å². The SMILES string of the molecule is CCc1ccc(OCC(=O)N/N=C/c2c(OC)ccc3ccccc23)cc1. The first-order valence-electron chi connectivity index (χ1n) is 8.80. The lowest BCUT2D eigenvalue weighted by Gasteiger charge is -2.08. The Kier molecular flexibility index (Phi) is 6.05. The molecule has 1 amide bonds. The highest BCUT2D eigenvalue weighted by Gasteiger charge is 2.06. The topological polar surface area (TPSA) is 59.9 Å². The van der Waals surface area contributed by atoms with E-state index in [0.29, 0.717) is 11.5 Å². The number of carbonyl (C=O) groups is 1. The van der Waals surface area contributed by atoms with Gasteiger partial charge in [-0.25, -0.2) is 5.43 Å². The maximum Gasteiger partial charge on any atom is 0.277 e. The normalized spacial score (nSPS) is 10.9. The van der Waals surface area contributed by atoms with Crippen LogP contribution in [0.15, 0.2) is 65.8 Å². The molecule has 3 aromatic carbocycles. The van der Waals surface area contributed by atoms with E-state index in [1.54, 1.807) is 13.3 Å². The van der Waals surface area contributed by atoms with Gasteiger partial charge in [-0.2, -0.15) is 5.10 Å². The number of aryl methyl sites for hydroxylation is 1. The van der Waals surface area contributed by atoms with Crippen LogP contribution in [-0.4, -0.2) is 25.8 Å². The van der Waals surface area contributed by atoms with Crippen molar-refractivity contribution in [2.75, 3.05) is 13.7 Å². The van der Waals surface area contributed by atoms with E-state index in [1.165, 1.54) is 5.56 Å². The van der Waals surface area contributed by atoms with Crippen LogP contribution in [-0.2, 0) is 11.2 Å². The Morgan fingerprint density at radius 2 is 1.85 bits per heavy atom. The van der Waals surface area contributed by atoms with Crippen molar-refractivity contribution in [3.05, 3.63) is 71.8 Å². The predicted octanol–water partition coefficient (Wildman–Crippen LogP) is 3.94. The van der Waals surface area contributed by atoms with Crippen molar-refractivity contribution in [2.45, 2.75) is 13.3 Å². The molecule has 0 bridgehead atoms. The Morgan fingerprint density at radius 1 is 1.07 bits per heavy atom. The van der Waals surface area contributed by atoms with E-state index < -0.39 is 0 Å². The maximum absolute atomic E-state index is 12.0. The number of rotatable bonds is 7. The average molecular weight is 362 g/mol. The van der Waals surface area contributed by atoms with Gasteiger partial charge in [0.15, 0.2) is 6.61 Å². The lowest BCUT2D eigenvalue weighted by atomic mass is 10.0. The van der Waals surface area contributed by atoms with Crippen LogP contribution in [0.2, 0.25) is 0 Å². The monoisotopic (exact) mass is 362 g/mol. The minimum Gasteiger partial charge on any atom is -0.496 e. The first-order chi connectivity index (χ1) is 13.2. The van der Waals surface area contributed by atoms with Gasteiger partial charge >= 0.3 is 0 Å². The molecule has 0 aromatic heterocycles. The molecule has 27 heavy (non-hydrogen) atoms. The van der Waals surface area contributed by atoms with Gasteiger partial charge in [-0.3, -0.25) is 4.79 Å². The zero-order chi connectivity index (χ0) is 19.1. The Hall–Kier alpha value is -3.34. The number of nitrogens with one attached hydrogen (secondary N) is 1. The predicted molar refractivity (Wildman–Crippen MR) is 108 cm³/mol. The summed E-state index contributed by atoms with van der Waals surface area (Å²) in [6.07, 6.45) is 2.56. The molecule has 0 unspecified atom stereocenters. The molecule has 0 heterocycles. The van der Waals surface area contributed by atoms with E-state index in [4.69, 9.17) is 9.47 Å². The fourth-order valence-corrected chi connectivity index (χ4v) is 2.76. The summed E-state index contributed by atoms with van der Waals surface area (Å²) in [6.45, 7) is 1.99. The molecule has 3 rings (SSSR count). The van der Waals surface area contributed by atoms with E-state index in [-0.39, 0.29) is 12.5 Å². The Labute approximate surface area is 158 Å². The number of benzene rings is 3. The van der Waals surface area contributed by atoms with Crippen LogP contribution < -0.4 is 14.9 Å². The molecule has 0 fully saturated rings. The number of fused-ring (bicyclic) bond motifs is 1. The average Bonchev–Trinajstić information content (AvgIpc) is 2.72. The summed E-state index contributed by atoms with van der Waals surface area (Å²) in [5.74, 6) is 1.02. The van der Waals surface area contributed by atoms with Gasteiger partial charge in [-0.15, -0.1) is 0 Å². The standard InChI is InChI=1S/C22H22N2O3/c1-3-16-8-11-18(12-9-16)27-15-22(25)24-23-14-20-19-7-5-4-6-17(19)10-13-21(20)26-2/h4-14H,3,15H2,1-2H3,(H,24,25)/b23-14+. The van der Waals surface area contributed by atoms with Gasteiger partial charge in [-0.05, 0) is 41.0 Å². The summed E-state index contributed by atoms with van der Waals surface area (Å²) >= 11 is 0. The first kappa shape index (κ1) is 18.5. The smallest absolute Gasteiger partial charge is 0.277 e. The van der Waals surface area contributed by atoms with Crippen molar-refractivity contribution >= 4 is 22.9 Å². The second-order valence-corrected chi connectivity index (χ2v) is 5.98. The molecular formula is C22H22N2O3. The molecule has 0 radical (unpaired) electrons. The number of hydrazone groups is 1. The second-order valence-electron chi connectivity index (χ2n) is 5.98. The van der Waals surface area contributed by atoms with Crippen molar-refractivity contribution < 1.29 is 14.3 Å². The molecule has 5 heteroatoms. The number of methoxy groups -OCH3 is 1. The highest BCUT2D eigenvalue weighted by Crippen LogP contribution is 2.26. The molecule has 0 aliphatic rings. The van der Waals surface area contributed by atoms with Crippen molar-refractivity contribution in [2.24, 2.45) is 5.10 Å². The second kappa shape index (κ2) is 8.85. The quantitative estimate of drug-likeness (QED) is 0.512. The van der Waals surface area contributed by atoms with E-state index in [2.05, 4.69) is 17.5 Å². The zero-order valence-electron chi connectivity index (χ0n) is 15.4. The van der Waals surface area contributed by atoms with E-state index in [0.717, 1.165) is 22.8 Å². The molecular weight excluding hydrogens is 340 g/mol. The van der Waals surface area contributed by atoms with Crippen molar-refractivity contribution in [3.63, 3.8) is 0 Å². The molecule has 0 spiro atoms. The van der Waals surface area contributed by atoms with E-state index in [1.807, 2.05) is 60.7 Å². The number of hydrogen-bond donors (Lipinski definition) is 1. The lowest BCUT2D eigenvalue weighted by molar-refractivity contribution is -0.123. The van der Waals surface area contributed by atoms with Crippen molar-refractivity contribution in [1.82, 2.24) is 5.43 Å². The molecule has 0 saturated carbocycles. The number of carbonyl (C=O) groups excluding carboxylic acids is 1. The minimum atomic E-state index is -0.329. The molecule has 1 N–H and O–H groups in total. The lowest BCUT2D eigenvalue weighted by Crippen LogP contribution is -2.24. The Morgan fingerprint density at radius 3 is 2.59 bits per heavy atom. The van der Waals surface area contributed by atoms with Crippen molar-refractivity contribution in [3.8, 4) is 11.5 Å². The van der Waals surface area contributed by atoms with Gasteiger partial charge in [0, 0.05) is 5.56 Å². The molecule has 5 nitrogen and oxygen atoms in total. The van der Waals surface area contributed by atoms with E-state index >= 15 is 0 Å². The van der Waals surface area contributed by atoms with Gasteiger partial charge < -0.3 is 9.47 Å². The minimum absolute atomic E-state index is 0.102. The Bertz CT molecular complexity index is 949. The van der Waals surface area contributed by atoms with Crippen LogP contribution in [0.25, 0.3) is 10.8 Å². The molecule has 3 aromatic rings. The number of nitrogens with zero attached hydrogens (tertiary/aromatic N) is 1. The van der Waals surface area contributed by atoms with Crippen LogP contribution in [0.5, 0.6) is 11.5 Å². The number of amides is 1. The number of hydrogen-bond acceptors (Lipinski definition) is 4. The number of ether oxygens (including phenoxy) is 2. The highest BCUT2D eigenvalue weighted by atomic mass is 16.5. The van der Waals surface area contributed by atoms with Crippen molar-refractivity contribution in [1.29, 1.82) is 0 Å². The summed E-state index contributed by atoms with van der Waals surface area (Å²) in [5.41, 5.74) is 4.52. The largest absolute Gasteiger partial charge is 0.496 e. The molecule has 0 aliphatic heterocycles. The van der Waals surface area contributed by atoms with Gasteiger partial charge in [0.1, 0.15) is 11.5 Å². The molecule has 0 aliphatic carbocycles. The van der Waals surface area contributed by atoms with Crippen LogP contribution in [0, 0.1) is 0 Å². The van der Waals surface area contributed by atoms with Gasteiger partial charge in [-0.1, -0.05) is 49.4 Å². The Balaban J connectivity index is 1.63. The summed E-state index contributed by atoms with van der Waals surface area (Å²) in [7, 11) is 1.61. The van der Waals surface area contributed by atoms with Gasteiger partial charge in [0.2, 0.25) is 0 Å². The zero-order valence-corrected chi connectivity index (χ0v) is 15.4. The summed E-state index contributed by atoms with van der Waals surface area (Å²) in [6, 6.07) is 19.5. The molecule has 0 atom stereocenters. The summed E-state index contributed by atoms with van der Waals surface area (Å²) in [5, 5.41) is 6.13. The summed E-state index contributed by atoms with van der Waals surface area (Å²) < 4.78 is 10.9.